The first-order valence-corrected chi connectivity index (χ1v) is 3.68. The first-order chi connectivity index (χ1) is 6.00. The van der Waals surface area contributed by atoms with Gasteiger partial charge in [0.25, 0.3) is 0 Å². The first kappa shape index (κ1) is 44.7. The van der Waals surface area contributed by atoms with Crippen molar-refractivity contribution in [1.29, 1.82) is 0 Å². The Morgan fingerprint density at radius 2 is 0.733 bits per heavy atom. The molecule has 0 unspecified atom stereocenters. The van der Waals surface area contributed by atoms with Gasteiger partial charge < -0.3 is 5.48 Å². The van der Waals surface area contributed by atoms with Crippen molar-refractivity contribution in [3.8, 4) is 0 Å². The molecule has 100 valence electrons. The summed E-state index contributed by atoms with van der Waals surface area (Å²) in [6.45, 7) is 0. The summed E-state index contributed by atoms with van der Waals surface area (Å²) in [5.41, 5.74) is 0. The summed E-state index contributed by atoms with van der Waals surface area (Å²) in [7, 11) is -4.67. The Labute approximate surface area is 109 Å². The maximum absolute atomic E-state index is 8.74. The van der Waals surface area contributed by atoms with Crippen molar-refractivity contribution >= 4 is 10.4 Å². The summed E-state index contributed by atoms with van der Waals surface area (Å²) in [6.07, 6.45) is 0. The van der Waals surface area contributed by atoms with Crippen LogP contribution in [0.3, 0.4) is 0 Å². The fraction of sp³-hybridized carbons (Fsp3) is 0. The van der Waals surface area contributed by atoms with Crippen LogP contribution in [0.15, 0.2) is 0 Å². The molecule has 12 nitrogen and oxygen atoms in total. The molecule has 10 N–H and O–H groups in total. The van der Waals surface area contributed by atoms with Crippen LogP contribution < -0.4 is 0 Å². The zero-order valence-electron chi connectivity index (χ0n) is 6.53. The van der Waals surface area contributed by atoms with E-state index in [9.17, 15) is 0 Å². The third-order valence-electron chi connectivity index (χ3n) is 0. The molecule has 0 radical (unpaired) electrons. The SMILES string of the molecule is O.O=S(=O)(O)O.OO.OO.OO.[Mo].[O]=[Mo]. The van der Waals surface area contributed by atoms with E-state index in [1.54, 1.807) is 0 Å². The van der Waals surface area contributed by atoms with Crippen LogP contribution in [0.5, 0.6) is 0 Å². The molecule has 15 heavy (non-hydrogen) atoms. The molecule has 0 aliphatic rings. The molecule has 15 heteroatoms. The minimum atomic E-state index is -4.67. The van der Waals surface area contributed by atoms with Gasteiger partial charge in [-0.15, -0.1) is 0 Å². The molecule has 0 aliphatic heterocycles. The van der Waals surface area contributed by atoms with Crippen molar-refractivity contribution in [2.45, 2.75) is 0 Å². The van der Waals surface area contributed by atoms with Gasteiger partial charge in [0, 0.05) is 21.1 Å². The van der Waals surface area contributed by atoms with E-state index >= 15 is 0 Å². The summed E-state index contributed by atoms with van der Waals surface area (Å²) in [6, 6.07) is 0. The molecule has 0 saturated carbocycles. The van der Waals surface area contributed by atoms with Crippen LogP contribution in [0.1, 0.15) is 0 Å². The predicted molar refractivity (Wildman–Crippen MR) is 34.3 cm³/mol. The van der Waals surface area contributed by atoms with Crippen LogP contribution in [0.2, 0.25) is 0 Å². The fourth-order valence-corrected chi connectivity index (χ4v) is 0. The van der Waals surface area contributed by atoms with Crippen molar-refractivity contribution in [2.75, 3.05) is 0 Å². The number of hydrogen-bond donors (Lipinski definition) is 8. The quantitative estimate of drug-likeness (QED) is 0.0953. The summed E-state index contributed by atoms with van der Waals surface area (Å²) in [5, 5.41) is 36.0. The van der Waals surface area contributed by atoms with Crippen LogP contribution >= 0.6 is 0 Å². The molecule has 0 saturated heterocycles. The van der Waals surface area contributed by atoms with Gasteiger partial charge in [-0.1, -0.05) is 0 Å². The number of rotatable bonds is 0. The Bertz CT molecular complexity index is 108. The topological polar surface area (TPSA) is 245 Å². The van der Waals surface area contributed by atoms with Crippen LogP contribution in [0, 0.1) is 0 Å². The Morgan fingerprint density at radius 3 is 0.733 bits per heavy atom. The molecule has 0 atom stereocenters. The van der Waals surface area contributed by atoms with E-state index < -0.39 is 10.4 Å². The molecule has 0 aromatic heterocycles. The zero-order chi connectivity index (χ0) is 12.5. The second kappa shape index (κ2) is 61.1. The summed E-state index contributed by atoms with van der Waals surface area (Å²) in [5.74, 6) is 0. The van der Waals surface area contributed by atoms with Crippen molar-refractivity contribution in [3.63, 3.8) is 0 Å². The molecule has 0 heterocycles. The van der Waals surface area contributed by atoms with Crippen LogP contribution in [0.4, 0.5) is 0 Å². The van der Waals surface area contributed by atoms with Crippen molar-refractivity contribution < 1.29 is 98.8 Å². The Balaban J connectivity index is -0.0000000113. The predicted octanol–water partition coefficient (Wildman–Crippen LogP) is -1.55. The van der Waals surface area contributed by atoms with E-state index in [4.69, 9.17) is 52.5 Å². The van der Waals surface area contributed by atoms with Gasteiger partial charge in [0.2, 0.25) is 0 Å². The van der Waals surface area contributed by atoms with Crippen LogP contribution in [-0.4, -0.2) is 54.5 Å². The molecule has 0 aromatic rings. The van der Waals surface area contributed by atoms with Crippen molar-refractivity contribution in [3.05, 3.63) is 0 Å². The fourth-order valence-electron chi connectivity index (χ4n) is 0. The van der Waals surface area contributed by atoms with Gasteiger partial charge >= 0.3 is 33.6 Å². The van der Waals surface area contributed by atoms with Crippen LogP contribution in [0.25, 0.3) is 0 Å². The molecule has 0 bridgehead atoms. The summed E-state index contributed by atoms with van der Waals surface area (Å²) < 4.78 is 39.8. The van der Waals surface area contributed by atoms with Gasteiger partial charge in [0.1, 0.15) is 0 Å². The van der Waals surface area contributed by atoms with Gasteiger partial charge in [0.15, 0.2) is 0 Å². The molecule has 0 aliphatic carbocycles. The van der Waals surface area contributed by atoms with E-state index in [2.05, 4.69) is 0 Å². The van der Waals surface area contributed by atoms with E-state index in [1.165, 1.54) is 0 Å². The van der Waals surface area contributed by atoms with E-state index in [1.807, 2.05) is 0 Å². The average molecular weight is 426 g/mol. The molecule has 0 spiro atoms. The summed E-state index contributed by atoms with van der Waals surface area (Å²) in [4.78, 5) is 0. The molecule has 0 amide bonds. The van der Waals surface area contributed by atoms with Crippen LogP contribution in [-0.2, 0) is 54.6 Å². The molecular weight excluding hydrogens is 416 g/mol. The average Bonchev–Trinajstić information content (AvgIpc) is 2.14. The van der Waals surface area contributed by atoms with Crippen molar-refractivity contribution in [2.24, 2.45) is 0 Å². The van der Waals surface area contributed by atoms with Gasteiger partial charge in [-0.25, -0.2) is 0 Å². The third-order valence-corrected chi connectivity index (χ3v) is 0. The van der Waals surface area contributed by atoms with Gasteiger partial charge in [-0.3, -0.25) is 40.6 Å². The minimum absolute atomic E-state index is 0. The van der Waals surface area contributed by atoms with E-state index in [-0.39, 0.29) is 26.5 Å². The second-order valence-corrected chi connectivity index (χ2v) is 1.34. The second-order valence-electron chi connectivity index (χ2n) is 0.448. The van der Waals surface area contributed by atoms with Gasteiger partial charge in [0.05, 0.1) is 0 Å². The summed E-state index contributed by atoms with van der Waals surface area (Å²) >= 11 is 0.700. The molecule has 0 aromatic carbocycles. The van der Waals surface area contributed by atoms with Gasteiger partial charge in [-0.05, 0) is 0 Å². The van der Waals surface area contributed by atoms with E-state index in [0.717, 1.165) is 0 Å². The number of hydrogen-bond acceptors (Lipinski definition) is 9. The monoisotopic (exact) mass is 430 g/mol. The zero-order valence-corrected chi connectivity index (χ0v) is 11.4. The van der Waals surface area contributed by atoms with E-state index in [0.29, 0.717) is 19.8 Å². The van der Waals surface area contributed by atoms with Gasteiger partial charge in [-0.2, -0.15) is 8.42 Å². The molecule has 0 rings (SSSR count). The first-order valence-electron chi connectivity index (χ1n) is 1.47. The Hall–Kier alpha value is 0.767. The normalized spacial score (nSPS) is 5.33. The molecular formula is H10Mo2O12S. The third kappa shape index (κ3) is 4100. The Kier molecular flexibility index (Phi) is 182. The maximum atomic E-state index is 8.74. The Morgan fingerprint density at radius 1 is 0.733 bits per heavy atom. The van der Waals surface area contributed by atoms with Crippen molar-refractivity contribution in [1.82, 2.24) is 0 Å². The molecule has 0 fully saturated rings. The standard InChI is InChI=1S/2Mo.H2O4S.3H2O2.H2O.O/c;;1-5(2,3)4;3*1-2;;/h;;(H2,1,2,3,4);3*1-2H;1H2;.